The second-order valence-corrected chi connectivity index (χ2v) is 9.59. The van der Waals surface area contributed by atoms with Crippen LogP contribution in [0.4, 0.5) is 4.79 Å². The molecule has 0 aliphatic carbocycles. The highest BCUT2D eigenvalue weighted by Crippen LogP contribution is 2.18. The molecule has 10 heteroatoms. The summed E-state index contributed by atoms with van der Waals surface area (Å²) < 4.78 is 5.27. The van der Waals surface area contributed by atoms with Crippen LogP contribution in [0.25, 0.3) is 11.4 Å². The average Bonchev–Trinajstić information content (AvgIpc) is 2.88. The molecule has 1 atom stereocenters. The zero-order valence-corrected chi connectivity index (χ0v) is 21.8. The maximum Gasteiger partial charge on any atom is 0.409 e. The Morgan fingerprint density at radius 2 is 1.72 bits per heavy atom. The number of nitrogens with one attached hydrogen (secondary N) is 1. The lowest BCUT2D eigenvalue weighted by Crippen LogP contribution is -2.56. The molecule has 194 valence electrons. The summed E-state index contributed by atoms with van der Waals surface area (Å²) in [5, 5.41) is 2.99. The molecule has 1 fully saturated rings. The minimum atomic E-state index is -0.727. The van der Waals surface area contributed by atoms with Gasteiger partial charge in [0.1, 0.15) is 16.9 Å². The number of carbonyl (C=O) groups excluding carboxylic acids is 3. The van der Waals surface area contributed by atoms with Crippen LogP contribution < -0.4 is 5.32 Å². The van der Waals surface area contributed by atoms with Gasteiger partial charge in [-0.1, -0.05) is 69.1 Å². The van der Waals surface area contributed by atoms with E-state index in [1.807, 2.05) is 51.1 Å². The lowest BCUT2D eigenvalue weighted by molar-refractivity contribution is -0.135. The molecule has 9 nitrogen and oxygen atoms in total. The molecule has 0 radical (unpaired) electrons. The van der Waals surface area contributed by atoms with Crippen LogP contribution in [0.2, 0.25) is 5.15 Å². The number of rotatable bonds is 9. The van der Waals surface area contributed by atoms with Gasteiger partial charge in [-0.05, 0) is 18.8 Å². The summed E-state index contributed by atoms with van der Waals surface area (Å²) in [4.78, 5) is 50.6. The number of piperazine rings is 1. The average molecular weight is 516 g/mol. The monoisotopic (exact) mass is 515 g/mol. The van der Waals surface area contributed by atoms with E-state index in [1.165, 1.54) is 6.07 Å². The van der Waals surface area contributed by atoms with Crippen LogP contribution in [0.5, 0.6) is 0 Å². The minimum Gasteiger partial charge on any atom is -0.449 e. The predicted molar refractivity (Wildman–Crippen MR) is 138 cm³/mol. The summed E-state index contributed by atoms with van der Waals surface area (Å²) in [5.74, 6) is -0.169. The number of ether oxygens (including phenoxy) is 1. The molecule has 1 aliphatic rings. The topological polar surface area (TPSA) is 105 Å². The number of unbranched alkanes of at least 4 members (excludes halogenated alkanes) is 1. The maximum atomic E-state index is 13.4. The summed E-state index contributed by atoms with van der Waals surface area (Å²) in [5.41, 5.74) is 0.824. The van der Waals surface area contributed by atoms with Gasteiger partial charge >= 0.3 is 6.09 Å². The standard InChI is InChI=1S/C26H34ClN5O4/c1-4-5-15-36-26(35)32-13-11-31(12-14-32)25(34)21(16-18(2)3)29-24(33)20-17-22(27)30-23(28-20)19-9-7-6-8-10-19/h6-10,17-18,21H,4-5,11-16H2,1-3H3,(H,29,33). The van der Waals surface area contributed by atoms with Crippen molar-refractivity contribution in [2.75, 3.05) is 32.8 Å². The second-order valence-electron chi connectivity index (χ2n) is 9.20. The Bertz CT molecular complexity index is 1040. The van der Waals surface area contributed by atoms with Crippen molar-refractivity contribution in [1.82, 2.24) is 25.1 Å². The molecule has 1 aromatic heterocycles. The Hall–Kier alpha value is -3.20. The third-order valence-corrected chi connectivity index (χ3v) is 6.04. The van der Waals surface area contributed by atoms with Crippen LogP contribution in [0.3, 0.4) is 0 Å². The van der Waals surface area contributed by atoms with E-state index in [0.29, 0.717) is 45.0 Å². The van der Waals surface area contributed by atoms with E-state index < -0.39 is 11.9 Å². The predicted octanol–water partition coefficient (Wildman–Crippen LogP) is 4.02. The first-order valence-corrected chi connectivity index (χ1v) is 12.8. The first kappa shape index (κ1) is 27.4. The van der Waals surface area contributed by atoms with E-state index in [0.717, 1.165) is 18.4 Å². The van der Waals surface area contributed by atoms with Crippen molar-refractivity contribution >= 4 is 29.5 Å². The summed E-state index contributed by atoms with van der Waals surface area (Å²) in [6.45, 7) is 7.95. The number of hydrogen-bond donors (Lipinski definition) is 1. The summed E-state index contributed by atoms with van der Waals surface area (Å²) in [6, 6.07) is 9.90. The van der Waals surface area contributed by atoms with Crippen molar-refractivity contribution in [2.24, 2.45) is 5.92 Å². The molecule has 3 amide bonds. The molecule has 1 N–H and O–H groups in total. The summed E-state index contributed by atoms with van der Waals surface area (Å²) in [7, 11) is 0. The van der Waals surface area contributed by atoms with Crippen molar-refractivity contribution in [3.05, 3.63) is 47.2 Å². The molecule has 0 spiro atoms. The van der Waals surface area contributed by atoms with E-state index in [-0.39, 0.29) is 28.8 Å². The van der Waals surface area contributed by atoms with Gasteiger partial charge in [0.25, 0.3) is 5.91 Å². The van der Waals surface area contributed by atoms with Crippen LogP contribution in [0.1, 0.15) is 50.5 Å². The van der Waals surface area contributed by atoms with Crippen LogP contribution in [0, 0.1) is 5.92 Å². The molecule has 1 aromatic carbocycles. The molecule has 0 bridgehead atoms. The second kappa shape index (κ2) is 13.2. The first-order chi connectivity index (χ1) is 17.3. The lowest BCUT2D eigenvalue weighted by Gasteiger charge is -2.36. The fourth-order valence-electron chi connectivity index (χ4n) is 3.90. The number of carbonyl (C=O) groups is 3. The smallest absolute Gasteiger partial charge is 0.409 e. The third kappa shape index (κ3) is 7.65. The molecule has 1 saturated heterocycles. The van der Waals surface area contributed by atoms with Crippen LogP contribution >= 0.6 is 11.6 Å². The van der Waals surface area contributed by atoms with Crippen molar-refractivity contribution in [1.29, 1.82) is 0 Å². The molecule has 2 heterocycles. The molecular formula is C26H34ClN5O4. The van der Waals surface area contributed by atoms with Gasteiger partial charge in [-0.2, -0.15) is 0 Å². The molecule has 36 heavy (non-hydrogen) atoms. The van der Waals surface area contributed by atoms with Crippen molar-refractivity contribution in [2.45, 2.75) is 46.1 Å². The Kier molecular flexibility index (Phi) is 10.0. The first-order valence-electron chi connectivity index (χ1n) is 12.4. The van der Waals surface area contributed by atoms with E-state index in [1.54, 1.807) is 9.80 Å². The Labute approximate surface area is 217 Å². The fraction of sp³-hybridized carbons (Fsp3) is 0.500. The third-order valence-electron chi connectivity index (χ3n) is 5.84. The number of hydrogen-bond acceptors (Lipinski definition) is 6. The van der Waals surface area contributed by atoms with E-state index in [4.69, 9.17) is 16.3 Å². The fourth-order valence-corrected chi connectivity index (χ4v) is 4.08. The largest absolute Gasteiger partial charge is 0.449 e. The molecule has 1 aliphatic heterocycles. The van der Waals surface area contributed by atoms with Gasteiger partial charge in [-0.25, -0.2) is 14.8 Å². The molecule has 2 aromatic rings. The van der Waals surface area contributed by atoms with Gasteiger partial charge < -0.3 is 19.9 Å². The number of halogens is 1. The van der Waals surface area contributed by atoms with Gasteiger partial charge in [-0.3, -0.25) is 9.59 Å². The number of aromatic nitrogens is 2. The van der Waals surface area contributed by atoms with Crippen LogP contribution in [-0.2, 0) is 9.53 Å². The van der Waals surface area contributed by atoms with Crippen LogP contribution in [0.15, 0.2) is 36.4 Å². The Balaban J connectivity index is 1.66. The Morgan fingerprint density at radius 1 is 1.06 bits per heavy atom. The van der Waals surface area contributed by atoms with Gasteiger partial charge in [0.05, 0.1) is 6.61 Å². The highest BCUT2D eigenvalue weighted by Gasteiger charge is 2.31. The maximum absolute atomic E-state index is 13.4. The van der Waals surface area contributed by atoms with Gasteiger partial charge in [0.15, 0.2) is 5.82 Å². The molecule has 1 unspecified atom stereocenters. The molecule has 0 saturated carbocycles. The van der Waals surface area contributed by atoms with E-state index in [2.05, 4.69) is 15.3 Å². The lowest BCUT2D eigenvalue weighted by atomic mass is 10.0. The quantitative estimate of drug-likeness (QED) is 0.399. The van der Waals surface area contributed by atoms with Crippen molar-refractivity contribution in [3.8, 4) is 11.4 Å². The van der Waals surface area contributed by atoms with E-state index >= 15 is 0 Å². The Morgan fingerprint density at radius 3 is 2.36 bits per heavy atom. The highest BCUT2D eigenvalue weighted by atomic mass is 35.5. The van der Waals surface area contributed by atoms with Gasteiger partial charge in [0, 0.05) is 37.8 Å². The SMILES string of the molecule is CCCCOC(=O)N1CCN(C(=O)C(CC(C)C)NC(=O)c2cc(Cl)nc(-c3ccccc3)n2)CC1. The molecular weight excluding hydrogens is 482 g/mol. The zero-order valence-electron chi connectivity index (χ0n) is 21.1. The molecule has 3 rings (SSSR count). The summed E-state index contributed by atoms with van der Waals surface area (Å²) in [6.07, 6.45) is 1.89. The normalized spacial score (nSPS) is 14.5. The summed E-state index contributed by atoms with van der Waals surface area (Å²) >= 11 is 6.18. The minimum absolute atomic E-state index is 0.0926. The number of nitrogens with zero attached hydrogens (tertiary/aromatic N) is 4. The number of benzene rings is 1. The van der Waals surface area contributed by atoms with Crippen molar-refractivity contribution in [3.63, 3.8) is 0 Å². The van der Waals surface area contributed by atoms with Crippen molar-refractivity contribution < 1.29 is 19.1 Å². The highest BCUT2D eigenvalue weighted by molar-refractivity contribution is 6.29. The van der Waals surface area contributed by atoms with Gasteiger partial charge in [0.2, 0.25) is 5.91 Å². The van der Waals surface area contributed by atoms with Crippen LogP contribution in [-0.4, -0.2) is 76.5 Å². The van der Waals surface area contributed by atoms with Gasteiger partial charge in [-0.15, -0.1) is 0 Å². The zero-order chi connectivity index (χ0) is 26.1. The number of amides is 3. The van der Waals surface area contributed by atoms with E-state index in [9.17, 15) is 14.4 Å².